The monoisotopic (exact) mass is 853 g/mol. The van der Waals surface area contributed by atoms with Gasteiger partial charge < -0.3 is 19.6 Å². The third-order valence-electron chi connectivity index (χ3n) is 12.5. The van der Waals surface area contributed by atoms with Crippen LogP contribution in [0.25, 0.3) is 33.4 Å². The maximum Gasteiger partial charge on any atom is 0.328 e. The zero-order valence-corrected chi connectivity index (χ0v) is 36.1. The molecule has 0 spiro atoms. The summed E-state index contributed by atoms with van der Waals surface area (Å²) in [6.45, 7) is 15.2. The van der Waals surface area contributed by atoms with Crippen molar-refractivity contribution in [1.29, 1.82) is 0 Å². The van der Waals surface area contributed by atoms with Gasteiger partial charge in [-0.15, -0.1) is 0 Å². The Labute approximate surface area is 365 Å². The highest BCUT2D eigenvalue weighted by atomic mass is 19.1. The molecule has 0 aliphatic carbocycles. The number of benzene rings is 3. The van der Waals surface area contributed by atoms with Crippen LogP contribution >= 0.6 is 0 Å². The number of rotatable bonds is 10. The SMILES string of the molecule is Cc1cc(-c2n[nH]c3ncc(-c4ccc(N5CCN(CC6CCN(c7ccc(N8CCC(=O)NC8=O)cc7)CC6)CC5)cc4)cc23)c(F)cc1CNC(=O)c1noc(C(C)(C)C)n1. The van der Waals surface area contributed by atoms with Crippen LogP contribution in [0.1, 0.15) is 67.7 Å². The van der Waals surface area contributed by atoms with E-state index in [2.05, 4.69) is 87.1 Å². The zero-order chi connectivity index (χ0) is 43.8. The van der Waals surface area contributed by atoms with E-state index in [9.17, 15) is 14.4 Å². The number of pyridine rings is 1. The van der Waals surface area contributed by atoms with Gasteiger partial charge >= 0.3 is 6.03 Å². The topological polar surface area (TPSA) is 169 Å². The molecule has 0 unspecified atom stereocenters. The lowest BCUT2D eigenvalue weighted by Gasteiger charge is -2.40. The number of imide groups is 1. The number of aryl methyl sites for hydroxylation is 1. The van der Waals surface area contributed by atoms with Crippen molar-refractivity contribution in [3.63, 3.8) is 0 Å². The van der Waals surface area contributed by atoms with Gasteiger partial charge in [0.2, 0.25) is 11.8 Å². The molecule has 3 saturated heterocycles. The summed E-state index contributed by atoms with van der Waals surface area (Å²) >= 11 is 0. The highest BCUT2D eigenvalue weighted by Crippen LogP contribution is 2.34. The van der Waals surface area contributed by atoms with Crippen LogP contribution in [-0.4, -0.2) is 100 Å². The van der Waals surface area contributed by atoms with Gasteiger partial charge in [-0.3, -0.25) is 29.8 Å². The number of fused-ring (bicyclic) bond motifs is 1. The van der Waals surface area contributed by atoms with Crippen LogP contribution in [0.5, 0.6) is 0 Å². The molecule has 3 N–H and O–H groups in total. The number of halogens is 1. The summed E-state index contributed by atoms with van der Waals surface area (Å²) in [5, 5.41) is 17.1. The first-order valence-electron chi connectivity index (χ1n) is 21.7. The molecule has 3 aromatic carbocycles. The molecular formula is C47H52FN11O4. The molecule has 0 radical (unpaired) electrons. The maximum atomic E-state index is 15.8. The number of urea groups is 1. The van der Waals surface area contributed by atoms with Crippen molar-refractivity contribution in [2.45, 2.75) is 58.9 Å². The van der Waals surface area contributed by atoms with E-state index in [-0.39, 0.29) is 29.7 Å². The minimum Gasteiger partial charge on any atom is -0.372 e. The summed E-state index contributed by atoms with van der Waals surface area (Å²) in [4.78, 5) is 54.4. The van der Waals surface area contributed by atoms with Crippen LogP contribution in [0, 0.1) is 18.7 Å². The minimum absolute atomic E-state index is 0.0656. The number of hydrogen-bond acceptors (Lipinski definition) is 11. The van der Waals surface area contributed by atoms with E-state index in [4.69, 9.17) is 4.52 Å². The summed E-state index contributed by atoms with van der Waals surface area (Å²) in [5.41, 5.74) is 7.47. The molecule has 0 atom stereocenters. The number of aromatic nitrogens is 5. The molecule has 3 fully saturated rings. The van der Waals surface area contributed by atoms with Crippen molar-refractivity contribution in [1.82, 2.24) is 40.9 Å². The van der Waals surface area contributed by atoms with E-state index in [1.165, 1.54) is 17.4 Å². The lowest BCUT2D eigenvalue weighted by atomic mass is 9.95. The van der Waals surface area contributed by atoms with E-state index in [0.717, 1.165) is 81.0 Å². The van der Waals surface area contributed by atoms with Crippen LogP contribution in [0.3, 0.4) is 0 Å². The van der Waals surface area contributed by atoms with Crippen LogP contribution < -0.4 is 25.3 Å². The summed E-state index contributed by atoms with van der Waals surface area (Å²) in [6, 6.07) is 21.5. The van der Waals surface area contributed by atoms with E-state index < -0.39 is 11.7 Å². The number of anilines is 3. The van der Waals surface area contributed by atoms with Gasteiger partial charge in [0.05, 0.1) is 0 Å². The fraction of sp³-hybridized carbons (Fsp3) is 0.383. The molecule has 3 aliphatic rings. The summed E-state index contributed by atoms with van der Waals surface area (Å²) in [5.74, 6) is -0.226. The van der Waals surface area contributed by atoms with Gasteiger partial charge in [0.1, 0.15) is 11.5 Å². The van der Waals surface area contributed by atoms with Gasteiger partial charge in [-0.25, -0.2) is 14.2 Å². The normalized spacial score (nSPS) is 16.8. The third-order valence-corrected chi connectivity index (χ3v) is 12.5. The van der Waals surface area contributed by atoms with Crippen molar-refractivity contribution in [3.8, 4) is 22.4 Å². The summed E-state index contributed by atoms with van der Waals surface area (Å²) in [7, 11) is 0. The Hall–Kier alpha value is -6.68. The maximum absolute atomic E-state index is 15.8. The van der Waals surface area contributed by atoms with Crippen molar-refractivity contribution in [3.05, 3.63) is 102 Å². The minimum atomic E-state index is -0.500. The second kappa shape index (κ2) is 17.2. The zero-order valence-electron chi connectivity index (χ0n) is 36.1. The van der Waals surface area contributed by atoms with Gasteiger partial charge in [0, 0.05) is 111 Å². The van der Waals surface area contributed by atoms with Crippen LogP contribution in [0.2, 0.25) is 0 Å². The first-order chi connectivity index (χ1) is 30.4. The number of piperazine rings is 1. The van der Waals surface area contributed by atoms with Crippen molar-refractivity contribution >= 4 is 45.9 Å². The molecule has 3 aromatic heterocycles. The van der Waals surface area contributed by atoms with Crippen LogP contribution in [0.4, 0.5) is 26.2 Å². The first-order valence-corrected chi connectivity index (χ1v) is 21.7. The molecule has 3 aliphatic heterocycles. The van der Waals surface area contributed by atoms with E-state index >= 15 is 4.39 Å². The van der Waals surface area contributed by atoms with Crippen LogP contribution in [-0.2, 0) is 16.8 Å². The molecule has 326 valence electrons. The van der Waals surface area contributed by atoms with Gasteiger partial charge in [-0.1, -0.05) is 38.1 Å². The predicted octanol–water partition coefficient (Wildman–Crippen LogP) is 6.83. The average Bonchev–Trinajstić information content (AvgIpc) is 3.96. The van der Waals surface area contributed by atoms with Crippen molar-refractivity contribution in [2.24, 2.45) is 5.92 Å². The Morgan fingerprint density at radius 3 is 2.24 bits per heavy atom. The first kappa shape index (κ1) is 41.7. The molecule has 9 rings (SSSR count). The van der Waals surface area contributed by atoms with E-state index in [1.54, 1.807) is 11.0 Å². The highest BCUT2D eigenvalue weighted by Gasteiger charge is 2.28. The van der Waals surface area contributed by atoms with E-state index in [1.807, 2.05) is 52.1 Å². The van der Waals surface area contributed by atoms with Crippen LogP contribution in [0.15, 0.2) is 77.4 Å². The fourth-order valence-electron chi connectivity index (χ4n) is 8.68. The standard InChI is InChI=1S/C47H52FN11O4/c1-29-23-37(39(48)25-32(29)26-50-44(61)43-52-45(63-55-43)47(2,3)4)41-38-24-33(27-49-42(38)54-53-41)31-5-7-34(8-6-31)58-21-19-56(20-22-58)28-30-13-16-57(17-14-30)35-9-11-36(12-10-35)59-18-15-40(60)51-46(59)62/h5-12,23-25,27,30H,13-22,26,28H2,1-4H3,(H,50,61)(H,49,53,54)(H,51,60,62). The average molecular weight is 854 g/mol. The molecule has 6 heterocycles. The number of carbonyl (C=O) groups is 3. The largest absolute Gasteiger partial charge is 0.372 e. The molecule has 4 amide bonds. The Bertz CT molecular complexity index is 2640. The summed E-state index contributed by atoms with van der Waals surface area (Å²) in [6.07, 6.45) is 4.41. The second-order valence-electron chi connectivity index (χ2n) is 17.8. The van der Waals surface area contributed by atoms with Crippen molar-refractivity contribution < 1.29 is 23.3 Å². The quantitative estimate of drug-likeness (QED) is 0.132. The molecule has 0 saturated carbocycles. The molecular weight excluding hydrogens is 802 g/mol. The molecule has 16 heteroatoms. The predicted molar refractivity (Wildman–Crippen MR) is 239 cm³/mol. The number of nitrogens with one attached hydrogen (secondary N) is 3. The molecule has 6 aromatic rings. The molecule has 15 nitrogen and oxygen atoms in total. The Kier molecular flexibility index (Phi) is 11.4. The van der Waals surface area contributed by atoms with Gasteiger partial charge in [-0.05, 0) is 97.0 Å². The lowest BCUT2D eigenvalue weighted by molar-refractivity contribution is -0.120. The number of hydrogen-bond donors (Lipinski definition) is 3. The number of amides is 4. The number of piperidine rings is 1. The third kappa shape index (κ3) is 8.98. The Morgan fingerprint density at radius 1 is 0.873 bits per heavy atom. The molecule has 0 bridgehead atoms. The van der Waals surface area contributed by atoms with E-state index in [0.29, 0.717) is 52.6 Å². The smallest absolute Gasteiger partial charge is 0.328 e. The second-order valence-corrected chi connectivity index (χ2v) is 17.8. The summed E-state index contributed by atoms with van der Waals surface area (Å²) < 4.78 is 21.0. The number of H-pyrrole nitrogens is 1. The van der Waals surface area contributed by atoms with Gasteiger partial charge in [0.15, 0.2) is 5.65 Å². The Balaban J connectivity index is 0.771. The van der Waals surface area contributed by atoms with Gasteiger partial charge in [0.25, 0.3) is 11.7 Å². The highest BCUT2D eigenvalue weighted by molar-refractivity contribution is 6.05. The number of carbonyl (C=O) groups excluding carboxylic acids is 3. The lowest BCUT2D eigenvalue weighted by Crippen LogP contribution is -2.49. The number of nitrogens with zero attached hydrogens (tertiary/aromatic N) is 8. The number of aromatic amines is 1. The molecule has 63 heavy (non-hydrogen) atoms. The van der Waals surface area contributed by atoms with Gasteiger partial charge in [-0.2, -0.15) is 10.1 Å². The van der Waals surface area contributed by atoms with Crippen molar-refractivity contribution in [2.75, 3.05) is 67.1 Å². The Morgan fingerprint density at radius 2 is 1.56 bits per heavy atom. The fourth-order valence-corrected chi connectivity index (χ4v) is 8.68.